The van der Waals surface area contributed by atoms with E-state index in [0.717, 1.165) is 19.3 Å². The maximum atomic E-state index is 12.2. The Morgan fingerprint density at radius 2 is 1.69 bits per heavy atom. The molecule has 4 rings (SSSR count). The van der Waals surface area contributed by atoms with E-state index < -0.39 is 0 Å². The minimum absolute atomic E-state index is 0.0425. The average molecular weight is 499 g/mol. The van der Waals surface area contributed by atoms with Crippen LogP contribution in [0.4, 0.5) is 0 Å². The van der Waals surface area contributed by atoms with Crippen molar-refractivity contribution in [1.82, 2.24) is 0 Å². The van der Waals surface area contributed by atoms with Crippen LogP contribution in [0.25, 0.3) is 0 Å². The normalized spacial score (nSPS) is 40.6. The molecular weight excluding hydrogens is 452 g/mol. The Hall–Kier alpha value is -1.91. The van der Waals surface area contributed by atoms with Crippen molar-refractivity contribution < 1.29 is 23.9 Å². The minimum atomic E-state index is -0.275. The monoisotopic (exact) mass is 498 g/mol. The summed E-state index contributed by atoms with van der Waals surface area (Å²) in [4.78, 5) is 36.1. The number of ketones is 1. The lowest BCUT2D eigenvalue weighted by atomic mass is 9.46. The molecule has 0 radical (unpaired) electrons. The zero-order chi connectivity index (χ0) is 26.4. The van der Waals surface area contributed by atoms with Gasteiger partial charge in [-0.1, -0.05) is 52.3 Å². The molecule has 3 saturated carbocycles. The van der Waals surface area contributed by atoms with E-state index in [1.807, 2.05) is 19.9 Å². The molecular formula is C31H46O5. The fourth-order valence-electron chi connectivity index (χ4n) is 8.83. The third-order valence-electron chi connectivity index (χ3n) is 10.6. The summed E-state index contributed by atoms with van der Waals surface area (Å²) in [7, 11) is 0. The van der Waals surface area contributed by atoms with Gasteiger partial charge in [0.25, 0.3) is 0 Å². The van der Waals surface area contributed by atoms with Gasteiger partial charge in [-0.05, 0) is 73.2 Å². The van der Waals surface area contributed by atoms with E-state index in [9.17, 15) is 14.4 Å². The highest BCUT2D eigenvalue weighted by molar-refractivity contribution is 5.91. The van der Waals surface area contributed by atoms with Gasteiger partial charge in [0.1, 0.15) is 12.2 Å². The van der Waals surface area contributed by atoms with Gasteiger partial charge in [0.05, 0.1) is 0 Å². The first kappa shape index (κ1) is 27.1. The van der Waals surface area contributed by atoms with Gasteiger partial charge in [-0.2, -0.15) is 0 Å². The SMILES string of the molecule is CC(=O)O[C@@H]1CC2=CC[C@H]3[C@@H]4CC[C@H]([C@H](C)C=CC(=O)C(C)C)[C@@]4(C)CC[C@@H]3[C@@]2(C)[C@@H](OC(C)=O)C1. The van der Waals surface area contributed by atoms with Crippen molar-refractivity contribution in [3.63, 3.8) is 0 Å². The number of esters is 2. The fourth-order valence-corrected chi connectivity index (χ4v) is 8.83. The summed E-state index contributed by atoms with van der Waals surface area (Å²) in [6, 6.07) is 0. The Morgan fingerprint density at radius 3 is 2.33 bits per heavy atom. The van der Waals surface area contributed by atoms with E-state index in [2.05, 4.69) is 32.9 Å². The third-order valence-corrected chi connectivity index (χ3v) is 10.6. The molecule has 36 heavy (non-hydrogen) atoms. The Labute approximate surface area is 217 Å². The second-order valence-corrected chi connectivity index (χ2v) is 12.9. The molecule has 0 saturated heterocycles. The molecule has 0 spiro atoms. The maximum Gasteiger partial charge on any atom is 0.302 e. The van der Waals surface area contributed by atoms with Gasteiger partial charge in [-0.25, -0.2) is 0 Å². The van der Waals surface area contributed by atoms with E-state index in [4.69, 9.17) is 9.47 Å². The highest BCUT2D eigenvalue weighted by Crippen LogP contribution is 2.67. The average Bonchev–Trinajstić information content (AvgIpc) is 3.14. The van der Waals surface area contributed by atoms with E-state index in [1.165, 1.54) is 38.7 Å². The summed E-state index contributed by atoms with van der Waals surface area (Å²) >= 11 is 0. The lowest BCUT2D eigenvalue weighted by molar-refractivity contribution is -0.172. The van der Waals surface area contributed by atoms with Crippen molar-refractivity contribution in [3.05, 3.63) is 23.8 Å². The highest BCUT2D eigenvalue weighted by Gasteiger charge is 2.62. The van der Waals surface area contributed by atoms with Crippen LogP contribution in [0.3, 0.4) is 0 Å². The zero-order valence-corrected chi connectivity index (χ0v) is 23.3. The van der Waals surface area contributed by atoms with Crippen molar-refractivity contribution in [2.24, 2.45) is 46.3 Å². The van der Waals surface area contributed by atoms with Gasteiger partial charge in [-0.3, -0.25) is 14.4 Å². The topological polar surface area (TPSA) is 69.7 Å². The molecule has 4 aliphatic rings. The molecule has 3 fully saturated rings. The number of carbonyl (C=O) groups excluding carboxylic acids is 3. The van der Waals surface area contributed by atoms with Crippen molar-refractivity contribution >= 4 is 17.7 Å². The van der Waals surface area contributed by atoms with Crippen molar-refractivity contribution in [1.29, 1.82) is 0 Å². The predicted molar refractivity (Wildman–Crippen MR) is 140 cm³/mol. The number of ether oxygens (including phenoxy) is 2. The largest absolute Gasteiger partial charge is 0.462 e. The summed E-state index contributed by atoms with van der Waals surface area (Å²) in [6.07, 6.45) is 13.0. The summed E-state index contributed by atoms with van der Waals surface area (Å²) in [6.45, 7) is 14.0. The number of hydrogen-bond donors (Lipinski definition) is 0. The number of hydrogen-bond acceptors (Lipinski definition) is 5. The van der Waals surface area contributed by atoms with Gasteiger partial charge in [0.2, 0.25) is 0 Å². The fraction of sp³-hybridized carbons (Fsp3) is 0.774. The van der Waals surface area contributed by atoms with E-state index in [1.54, 1.807) is 0 Å². The summed E-state index contributed by atoms with van der Waals surface area (Å²) in [5.41, 5.74) is 1.37. The van der Waals surface area contributed by atoms with Crippen LogP contribution in [-0.4, -0.2) is 29.9 Å². The Balaban J connectivity index is 1.59. The standard InChI is InChI=1S/C31H46O5/c1-18(2)28(34)13-8-19(3)25-11-12-26-24-10-9-22-16-23(35-20(4)32)17-29(36-21(5)33)31(22,7)27(24)14-15-30(25,26)6/h8-9,13,18-19,23-27,29H,10-12,14-17H2,1-7H3/t19-,23-,24+,25-,26+,27+,29+,30-,31+/m1/s1. The molecule has 5 heteroatoms. The lowest BCUT2D eigenvalue weighted by Crippen LogP contribution is -2.56. The maximum absolute atomic E-state index is 12.2. The van der Waals surface area contributed by atoms with Crippen molar-refractivity contribution in [2.75, 3.05) is 0 Å². The second kappa shape index (κ2) is 10.1. The summed E-state index contributed by atoms with van der Waals surface area (Å²) < 4.78 is 11.6. The van der Waals surface area contributed by atoms with Crippen LogP contribution < -0.4 is 0 Å². The van der Waals surface area contributed by atoms with Crippen molar-refractivity contribution in [3.8, 4) is 0 Å². The first-order valence-electron chi connectivity index (χ1n) is 14.1. The van der Waals surface area contributed by atoms with Gasteiger partial charge in [0.15, 0.2) is 5.78 Å². The molecule has 0 aromatic carbocycles. The van der Waals surface area contributed by atoms with Crippen LogP contribution in [0.5, 0.6) is 0 Å². The second-order valence-electron chi connectivity index (χ2n) is 12.9. The van der Waals surface area contributed by atoms with E-state index in [-0.39, 0.29) is 46.7 Å². The molecule has 0 heterocycles. The molecule has 0 N–H and O–H groups in total. The summed E-state index contributed by atoms with van der Waals surface area (Å²) in [5, 5.41) is 0. The number of fused-ring (bicyclic) bond motifs is 5. The molecule has 4 aliphatic carbocycles. The first-order chi connectivity index (χ1) is 16.9. The van der Waals surface area contributed by atoms with E-state index in [0.29, 0.717) is 36.0 Å². The van der Waals surface area contributed by atoms with Gasteiger partial charge in [0, 0.05) is 38.0 Å². The molecule has 0 aromatic rings. The molecule has 0 unspecified atom stereocenters. The summed E-state index contributed by atoms with van der Waals surface area (Å²) in [5.74, 6) is 2.36. The van der Waals surface area contributed by atoms with Gasteiger partial charge < -0.3 is 9.47 Å². The minimum Gasteiger partial charge on any atom is -0.462 e. The van der Waals surface area contributed by atoms with E-state index >= 15 is 0 Å². The van der Waals surface area contributed by atoms with Crippen LogP contribution in [0.1, 0.15) is 93.4 Å². The Kier molecular flexibility index (Phi) is 7.61. The first-order valence-corrected chi connectivity index (χ1v) is 14.1. The molecule has 200 valence electrons. The highest BCUT2D eigenvalue weighted by atomic mass is 16.6. The molecule has 9 atom stereocenters. The molecule has 0 bridgehead atoms. The Bertz CT molecular complexity index is 947. The predicted octanol–water partition coefficient (Wildman–Crippen LogP) is 6.46. The quantitative estimate of drug-likeness (QED) is 0.239. The van der Waals surface area contributed by atoms with Crippen LogP contribution >= 0.6 is 0 Å². The smallest absolute Gasteiger partial charge is 0.302 e. The van der Waals surface area contributed by atoms with Crippen LogP contribution in [-0.2, 0) is 23.9 Å². The Morgan fingerprint density at radius 1 is 1.00 bits per heavy atom. The zero-order valence-electron chi connectivity index (χ0n) is 23.3. The lowest BCUT2D eigenvalue weighted by Gasteiger charge is -2.60. The molecule has 5 nitrogen and oxygen atoms in total. The molecule has 0 aliphatic heterocycles. The molecule has 0 aromatic heterocycles. The molecule has 0 amide bonds. The van der Waals surface area contributed by atoms with Crippen molar-refractivity contribution in [2.45, 2.75) is 106 Å². The van der Waals surface area contributed by atoms with Crippen LogP contribution in [0.15, 0.2) is 23.8 Å². The van der Waals surface area contributed by atoms with Crippen LogP contribution in [0.2, 0.25) is 0 Å². The number of rotatable bonds is 6. The number of carbonyl (C=O) groups is 3. The van der Waals surface area contributed by atoms with Crippen LogP contribution in [0, 0.1) is 46.3 Å². The third kappa shape index (κ3) is 4.72. The van der Waals surface area contributed by atoms with Gasteiger partial charge >= 0.3 is 11.9 Å². The van der Waals surface area contributed by atoms with Gasteiger partial charge in [-0.15, -0.1) is 0 Å². The number of allylic oxidation sites excluding steroid dienone is 3.